The van der Waals surface area contributed by atoms with Crippen molar-refractivity contribution >= 4 is 17.3 Å². The molecule has 1 heterocycles. The van der Waals surface area contributed by atoms with Crippen molar-refractivity contribution in [2.75, 3.05) is 0 Å². The van der Waals surface area contributed by atoms with Crippen molar-refractivity contribution in [1.29, 1.82) is 0 Å². The van der Waals surface area contributed by atoms with Crippen LogP contribution < -0.4 is 5.73 Å². The number of thiazole rings is 1. The molecule has 1 unspecified atom stereocenters. The molecule has 0 spiro atoms. The van der Waals surface area contributed by atoms with E-state index in [0.717, 1.165) is 4.88 Å². The molecular weight excluding hydrogens is 200 g/mol. The fourth-order valence-corrected chi connectivity index (χ4v) is 2.22. The van der Waals surface area contributed by atoms with Gasteiger partial charge in [-0.3, -0.25) is 9.78 Å². The number of carboxylic acid groups (broad SMARTS) is 1. The minimum atomic E-state index is -0.832. The lowest BCUT2D eigenvalue weighted by Gasteiger charge is -2.28. The average molecular weight is 214 g/mol. The van der Waals surface area contributed by atoms with E-state index < -0.39 is 11.5 Å². The van der Waals surface area contributed by atoms with E-state index >= 15 is 0 Å². The van der Waals surface area contributed by atoms with Crippen molar-refractivity contribution in [3.63, 3.8) is 0 Å². The van der Waals surface area contributed by atoms with Crippen molar-refractivity contribution in [3.8, 4) is 0 Å². The van der Waals surface area contributed by atoms with Gasteiger partial charge in [0.05, 0.1) is 11.9 Å². The Labute approximate surface area is 86.8 Å². The van der Waals surface area contributed by atoms with E-state index in [1.807, 2.05) is 13.8 Å². The summed E-state index contributed by atoms with van der Waals surface area (Å²) in [5.74, 6) is -1.01. The Morgan fingerprint density at radius 2 is 2.43 bits per heavy atom. The van der Waals surface area contributed by atoms with Gasteiger partial charge in [-0.15, -0.1) is 11.3 Å². The number of carbonyl (C=O) groups is 1. The van der Waals surface area contributed by atoms with Gasteiger partial charge in [0.2, 0.25) is 0 Å². The Balaban J connectivity index is 2.89. The number of aliphatic carboxylic acids is 1. The molecule has 78 valence electrons. The maximum Gasteiger partial charge on any atom is 0.304 e. The molecule has 1 aromatic heterocycles. The molecule has 0 aliphatic carbocycles. The predicted molar refractivity (Wildman–Crippen MR) is 55.4 cm³/mol. The van der Waals surface area contributed by atoms with Crippen LogP contribution in [0.25, 0.3) is 0 Å². The van der Waals surface area contributed by atoms with E-state index in [4.69, 9.17) is 10.8 Å². The van der Waals surface area contributed by atoms with Crippen LogP contribution in [0.5, 0.6) is 0 Å². The summed E-state index contributed by atoms with van der Waals surface area (Å²) in [6, 6.07) is 0. The zero-order valence-corrected chi connectivity index (χ0v) is 9.04. The van der Waals surface area contributed by atoms with Gasteiger partial charge in [-0.1, -0.05) is 0 Å². The van der Waals surface area contributed by atoms with Crippen molar-refractivity contribution < 1.29 is 9.90 Å². The third-order valence-corrected chi connectivity index (χ3v) is 2.96. The fourth-order valence-electron chi connectivity index (χ4n) is 1.30. The van der Waals surface area contributed by atoms with Crippen LogP contribution in [0.15, 0.2) is 11.7 Å². The van der Waals surface area contributed by atoms with E-state index in [9.17, 15) is 4.79 Å². The normalized spacial score (nSPS) is 13.9. The second kappa shape index (κ2) is 4.06. The third-order valence-electron chi connectivity index (χ3n) is 2.07. The molecule has 4 nitrogen and oxygen atoms in total. The minimum absolute atomic E-state index is 0.0473. The van der Waals surface area contributed by atoms with E-state index in [-0.39, 0.29) is 12.3 Å². The van der Waals surface area contributed by atoms with E-state index in [2.05, 4.69) is 4.98 Å². The molecule has 5 heteroatoms. The highest BCUT2D eigenvalue weighted by molar-refractivity contribution is 7.09. The number of nitrogens with zero attached hydrogens (tertiary/aromatic N) is 1. The van der Waals surface area contributed by atoms with Crippen LogP contribution in [0, 0.1) is 0 Å². The van der Waals surface area contributed by atoms with Crippen molar-refractivity contribution in [3.05, 3.63) is 16.6 Å². The molecule has 0 bridgehead atoms. The largest absolute Gasteiger partial charge is 0.481 e. The molecule has 1 atom stereocenters. The van der Waals surface area contributed by atoms with Crippen LogP contribution >= 0.6 is 11.3 Å². The minimum Gasteiger partial charge on any atom is -0.481 e. The molecule has 0 aromatic carbocycles. The average Bonchev–Trinajstić information content (AvgIpc) is 2.49. The zero-order chi connectivity index (χ0) is 10.8. The Hall–Kier alpha value is -0.940. The number of nitrogens with two attached hydrogens (primary N) is 1. The molecule has 14 heavy (non-hydrogen) atoms. The topological polar surface area (TPSA) is 76.2 Å². The maximum atomic E-state index is 10.7. The summed E-state index contributed by atoms with van der Waals surface area (Å²) in [4.78, 5) is 15.5. The Morgan fingerprint density at radius 3 is 2.79 bits per heavy atom. The standard InChI is InChI=1S/C9H14N2O2S/c1-9(2,10)6(3-8(12)13)7-4-11-5-14-7/h4-6H,3,10H2,1-2H3,(H,12,13). The molecule has 0 aliphatic heterocycles. The SMILES string of the molecule is CC(C)(N)C(CC(=O)O)c1cncs1. The Morgan fingerprint density at radius 1 is 1.79 bits per heavy atom. The van der Waals surface area contributed by atoms with Gasteiger partial charge in [0.15, 0.2) is 0 Å². The highest BCUT2D eigenvalue weighted by Gasteiger charge is 2.29. The first-order valence-corrected chi connectivity index (χ1v) is 5.18. The van der Waals surface area contributed by atoms with Gasteiger partial charge < -0.3 is 10.8 Å². The van der Waals surface area contributed by atoms with Gasteiger partial charge in [-0.25, -0.2) is 0 Å². The van der Waals surface area contributed by atoms with Gasteiger partial charge in [-0.05, 0) is 13.8 Å². The van der Waals surface area contributed by atoms with Crippen LogP contribution in [-0.4, -0.2) is 21.6 Å². The molecule has 1 rings (SSSR count). The van der Waals surface area contributed by atoms with Crippen molar-refractivity contribution in [2.45, 2.75) is 31.7 Å². The molecule has 0 radical (unpaired) electrons. The van der Waals surface area contributed by atoms with Crippen LogP contribution in [0.2, 0.25) is 0 Å². The van der Waals surface area contributed by atoms with Crippen LogP contribution in [-0.2, 0) is 4.79 Å². The first kappa shape index (κ1) is 11.1. The number of carboxylic acids is 1. The van der Waals surface area contributed by atoms with Crippen molar-refractivity contribution in [2.24, 2.45) is 5.73 Å². The number of hydrogen-bond acceptors (Lipinski definition) is 4. The summed E-state index contributed by atoms with van der Waals surface area (Å²) >= 11 is 1.45. The number of rotatable bonds is 4. The van der Waals surface area contributed by atoms with Gasteiger partial charge in [0.25, 0.3) is 0 Å². The van der Waals surface area contributed by atoms with Gasteiger partial charge in [0.1, 0.15) is 0 Å². The highest BCUT2D eigenvalue weighted by Crippen LogP contribution is 2.31. The zero-order valence-electron chi connectivity index (χ0n) is 8.23. The number of aromatic nitrogens is 1. The maximum absolute atomic E-state index is 10.7. The first-order valence-electron chi connectivity index (χ1n) is 4.30. The van der Waals surface area contributed by atoms with E-state index in [1.54, 1.807) is 11.7 Å². The lowest BCUT2D eigenvalue weighted by molar-refractivity contribution is -0.137. The van der Waals surface area contributed by atoms with E-state index in [0.29, 0.717) is 0 Å². The lowest BCUT2D eigenvalue weighted by atomic mass is 9.85. The second-order valence-electron chi connectivity index (χ2n) is 3.88. The number of hydrogen-bond donors (Lipinski definition) is 2. The quantitative estimate of drug-likeness (QED) is 0.795. The van der Waals surface area contributed by atoms with Gasteiger partial charge in [0, 0.05) is 22.5 Å². The van der Waals surface area contributed by atoms with Gasteiger partial charge in [-0.2, -0.15) is 0 Å². The molecule has 1 aromatic rings. The van der Waals surface area contributed by atoms with Crippen LogP contribution in [0.3, 0.4) is 0 Å². The predicted octanol–water partition coefficient (Wildman–Crippen LogP) is 1.44. The summed E-state index contributed by atoms with van der Waals surface area (Å²) in [5, 5.41) is 8.77. The summed E-state index contributed by atoms with van der Waals surface area (Å²) in [6.45, 7) is 3.67. The first-order chi connectivity index (χ1) is 6.41. The summed E-state index contributed by atoms with van der Waals surface area (Å²) < 4.78 is 0. The molecule has 0 saturated heterocycles. The lowest BCUT2D eigenvalue weighted by Crippen LogP contribution is -2.40. The van der Waals surface area contributed by atoms with Gasteiger partial charge >= 0.3 is 5.97 Å². The third kappa shape index (κ3) is 2.78. The summed E-state index contributed by atoms with van der Waals surface area (Å²) in [6.07, 6.45) is 1.73. The molecular formula is C9H14N2O2S. The molecule has 0 fully saturated rings. The van der Waals surface area contributed by atoms with Crippen LogP contribution in [0.1, 0.15) is 31.1 Å². The Bertz CT molecular complexity index is 303. The second-order valence-corrected chi connectivity index (χ2v) is 4.79. The molecule has 0 amide bonds. The smallest absolute Gasteiger partial charge is 0.304 e. The van der Waals surface area contributed by atoms with Crippen LogP contribution in [0.4, 0.5) is 0 Å². The van der Waals surface area contributed by atoms with E-state index in [1.165, 1.54) is 11.3 Å². The molecule has 0 aliphatic rings. The Kier molecular flexibility index (Phi) is 3.23. The monoisotopic (exact) mass is 214 g/mol. The highest BCUT2D eigenvalue weighted by atomic mass is 32.1. The molecule has 3 N–H and O–H groups in total. The molecule has 0 saturated carbocycles. The summed E-state index contributed by atoms with van der Waals surface area (Å²) in [5.41, 5.74) is 7.09. The summed E-state index contributed by atoms with van der Waals surface area (Å²) in [7, 11) is 0. The van der Waals surface area contributed by atoms with Crippen molar-refractivity contribution in [1.82, 2.24) is 4.98 Å². The fraction of sp³-hybridized carbons (Fsp3) is 0.556.